The molecule has 0 spiro atoms. The van der Waals surface area contributed by atoms with Gasteiger partial charge in [0.1, 0.15) is 22.4 Å². The molecule has 0 bridgehead atoms. The van der Waals surface area contributed by atoms with E-state index in [0.717, 1.165) is 64.5 Å². The van der Waals surface area contributed by atoms with Gasteiger partial charge in [-0.15, -0.1) is 0 Å². The van der Waals surface area contributed by atoms with Crippen LogP contribution in [0.15, 0.2) is 0 Å². The molecule has 1 aliphatic heterocycles. The predicted octanol–water partition coefficient (Wildman–Crippen LogP) is 7.56. The lowest BCUT2D eigenvalue weighted by Gasteiger charge is -2.46. The van der Waals surface area contributed by atoms with E-state index in [0.29, 0.717) is 38.8 Å². The van der Waals surface area contributed by atoms with Crippen LogP contribution < -0.4 is 0 Å². The topological polar surface area (TPSA) is 135 Å². The van der Waals surface area contributed by atoms with Crippen LogP contribution in [0.1, 0.15) is 174 Å². The number of hydrogen-bond donors (Lipinski definition) is 0. The molecule has 0 aromatic carbocycles. The molecule has 344 valence electrons. The largest absolute Gasteiger partial charge is 0.459 e. The first-order valence-corrected chi connectivity index (χ1v) is 22.5. The minimum absolute atomic E-state index is 0.0322. The van der Waals surface area contributed by atoms with Crippen LogP contribution in [-0.4, -0.2) is 143 Å². The molecule has 0 saturated carbocycles. The van der Waals surface area contributed by atoms with Gasteiger partial charge in [0.15, 0.2) is 0 Å². The Labute approximate surface area is 358 Å². The number of esters is 4. The van der Waals surface area contributed by atoms with Gasteiger partial charge in [-0.05, 0) is 109 Å². The molecular formula is C46H86N4O9. The van der Waals surface area contributed by atoms with Gasteiger partial charge in [0.05, 0.1) is 26.2 Å². The molecule has 0 unspecified atom stereocenters. The lowest BCUT2D eigenvalue weighted by Crippen LogP contribution is -2.62. The van der Waals surface area contributed by atoms with Crippen LogP contribution in [-0.2, 0) is 42.9 Å². The Balaban J connectivity index is 3.73. The highest BCUT2D eigenvalue weighted by atomic mass is 16.6. The van der Waals surface area contributed by atoms with E-state index >= 15 is 0 Å². The monoisotopic (exact) mass is 839 g/mol. The van der Waals surface area contributed by atoms with Gasteiger partial charge >= 0.3 is 23.9 Å². The van der Waals surface area contributed by atoms with Crippen molar-refractivity contribution in [1.82, 2.24) is 19.6 Å². The second-order valence-corrected chi connectivity index (χ2v) is 20.6. The highest BCUT2D eigenvalue weighted by molar-refractivity contribution is 5.77. The lowest BCUT2D eigenvalue weighted by atomic mass is 9.88. The third-order valence-corrected chi connectivity index (χ3v) is 9.66. The summed E-state index contributed by atoms with van der Waals surface area (Å²) in [6.45, 7) is 28.4. The van der Waals surface area contributed by atoms with E-state index in [9.17, 15) is 24.0 Å². The second kappa shape index (κ2) is 25.2. The van der Waals surface area contributed by atoms with Crippen molar-refractivity contribution in [3.05, 3.63) is 0 Å². The van der Waals surface area contributed by atoms with Crippen LogP contribution in [0.5, 0.6) is 0 Å². The summed E-state index contributed by atoms with van der Waals surface area (Å²) in [6.07, 6.45) is 10.8. The van der Waals surface area contributed by atoms with E-state index in [4.69, 9.17) is 18.9 Å². The third-order valence-electron chi connectivity index (χ3n) is 9.66. The Kier molecular flexibility index (Phi) is 23.2. The molecule has 13 nitrogen and oxygen atoms in total. The lowest BCUT2D eigenvalue weighted by molar-refractivity contribution is -0.166. The summed E-state index contributed by atoms with van der Waals surface area (Å²) in [5.41, 5.74) is -3.94. The predicted molar refractivity (Wildman–Crippen MR) is 234 cm³/mol. The number of unbranched alkanes of at least 4 members (excludes halogenated alkanes) is 7. The van der Waals surface area contributed by atoms with Gasteiger partial charge in [0.2, 0.25) is 5.91 Å². The van der Waals surface area contributed by atoms with Crippen molar-refractivity contribution in [2.75, 3.05) is 65.4 Å². The molecule has 0 aliphatic carbocycles. The molecule has 0 N–H and O–H groups in total. The Morgan fingerprint density at radius 1 is 0.508 bits per heavy atom. The summed E-state index contributed by atoms with van der Waals surface area (Å²) >= 11 is 0. The Morgan fingerprint density at radius 2 is 0.881 bits per heavy atom. The van der Waals surface area contributed by atoms with Crippen molar-refractivity contribution in [2.24, 2.45) is 0 Å². The number of amides is 1. The SMILES string of the molecule is CCCCCCN(CCCCCC)C(=O)CCCCC1(N(CC(=O)OC(C)(C)C)CC(=O)OC(C)(C)C)CN(CC(=O)OC(C)(C)C)CCN(CC(=O)OC(C)(C)C)C1. The molecule has 0 atom stereocenters. The van der Waals surface area contributed by atoms with Crippen molar-refractivity contribution in [2.45, 2.75) is 202 Å². The molecule has 0 aromatic heterocycles. The number of nitrogens with zero attached hydrogens (tertiary/aromatic N) is 4. The average molecular weight is 839 g/mol. The van der Waals surface area contributed by atoms with Crippen LogP contribution in [0.4, 0.5) is 0 Å². The van der Waals surface area contributed by atoms with Crippen molar-refractivity contribution in [3.63, 3.8) is 0 Å². The van der Waals surface area contributed by atoms with E-state index in [1.165, 1.54) is 0 Å². The normalized spacial score (nSPS) is 15.7. The fraction of sp³-hybridized carbons (Fsp3) is 0.891. The fourth-order valence-electron chi connectivity index (χ4n) is 7.38. The molecule has 59 heavy (non-hydrogen) atoms. The van der Waals surface area contributed by atoms with Gasteiger partial charge in [0, 0.05) is 51.2 Å². The average Bonchev–Trinajstić information content (AvgIpc) is 3.21. The quantitative estimate of drug-likeness (QED) is 0.0540. The number of hydrogen-bond acceptors (Lipinski definition) is 12. The maximum Gasteiger partial charge on any atom is 0.320 e. The summed E-state index contributed by atoms with van der Waals surface area (Å²) < 4.78 is 23.2. The summed E-state index contributed by atoms with van der Waals surface area (Å²) in [7, 11) is 0. The first-order valence-electron chi connectivity index (χ1n) is 22.5. The Bertz CT molecular complexity index is 1210. The molecule has 1 amide bonds. The molecule has 1 fully saturated rings. The summed E-state index contributed by atoms with van der Waals surface area (Å²) in [5.74, 6) is -1.69. The maximum absolute atomic E-state index is 13.8. The summed E-state index contributed by atoms with van der Waals surface area (Å²) in [5, 5.41) is 0. The van der Waals surface area contributed by atoms with Crippen molar-refractivity contribution in [1.29, 1.82) is 0 Å². The summed E-state index contributed by atoms with van der Waals surface area (Å²) in [4.78, 5) is 75.9. The van der Waals surface area contributed by atoms with Crippen LogP contribution in [0, 0.1) is 0 Å². The van der Waals surface area contributed by atoms with Crippen molar-refractivity contribution >= 4 is 29.8 Å². The van der Waals surface area contributed by atoms with E-state index in [2.05, 4.69) is 13.8 Å². The van der Waals surface area contributed by atoms with E-state index in [1.807, 2.05) is 61.1 Å². The first kappa shape index (κ1) is 54.2. The number of carbonyl (C=O) groups is 5. The van der Waals surface area contributed by atoms with Crippen molar-refractivity contribution in [3.8, 4) is 0 Å². The molecule has 1 aliphatic rings. The van der Waals surface area contributed by atoms with Gasteiger partial charge in [-0.2, -0.15) is 0 Å². The van der Waals surface area contributed by atoms with Gasteiger partial charge < -0.3 is 23.8 Å². The number of carbonyl (C=O) groups excluding carboxylic acids is 5. The molecule has 1 rings (SSSR count). The highest BCUT2D eigenvalue weighted by Gasteiger charge is 2.45. The van der Waals surface area contributed by atoms with Crippen molar-refractivity contribution < 1.29 is 42.9 Å². The molecule has 0 aromatic rings. The van der Waals surface area contributed by atoms with Gasteiger partial charge in [-0.1, -0.05) is 58.8 Å². The van der Waals surface area contributed by atoms with E-state index < -0.39 is 51.8 Å². The minimum atomic E-state index is -0.975. The Hall–Kier alpha value is -2.77. The van der Waals surface area contributed by atoms with E-state index in [-0.39, 0.29) is 45.2 Å². The van der Waals surface area contributed by atoms with Crippen LogP contribution in [0.2, 0.25) is 0 Å². The fourth-order valence-corrected chi connectivity index (χ4v) is 7.38. The number of ether oxygens (including phenoxy) is 4. The maximum atomic E-state index is 13.8. The van der Waals surface area contributed by atoms with Gasteiger partial charge in [-0.3, -0.25) is 38.7 Å². The highest BCUT2D eigenvalue weighted by Crippen LogP contribution is 2.30. The first-order chi connectivity index (χ1) is 27.2. The standard InChI is InChI=1S/C46H86N4O9/c1-15-17-19-23-27-49(28-24-20-18-16-2)37(51)25-21-22-26-46(50(33-40(54)58-44(9,10)11)34-41(55)59-45(12,13)14)35-47(31-38(52)56-42(3,4)5)29-30-48(36-46)32-39(53)57-43(6,7)8/h15-36H2,1-14H3. The minimum Gasteiger partial charge on any atom is -0.459 e. The zero-order valence-corrected chi connectivity index (χ0v) is 40.0. The molecule has 0 radical (unpaired) electrons. The molecular weight excluding hydrogens is 753 g/mol. The number of rotatable bonds is 24. The Morgan fingerprint density at radius 3 is 1.24 bits per heavy atom. The molecule has 13 heteroatoms. The smallest absolute Gasteiger partial charge is 0.320 e. The molecule has 1 saturated heterocycles. The van der Waals surface area contributed by atoms with Crippen LogP contribution >= 0.6 is 0 Å². The summed E-state index contributed by atoms with van der Waals surface area (Å²) in [6, 6.07) is 0. The zero-order valence-electron chi connectivity index (χ0n) is 40.0. The second-order valence-electron chi connectivity index (χ2n) is 20.6. The van der Waals surface area contributed by atoms with Gasteiger partial charge in [0.25, 0.3) is 0 Å². The van der Waals surface area contributed by atoms with Crippen LogP contribution in [0.3, 0.4) is 0 Å². The van der Waals surface area contributed by atoms with E-state index in [1.54, 1.807) is 41.5 Å². The zero-order chi connectivity index (χ0) is 45.1. The van der Waals surface area contributed by atoms with Gasteiger partial charge in [-0.25, -0.2) is 0 Å². The van der Waals surface area contributed by atoms with Crippen LogP contribution in [0.25, 0.3) is 0 Å². The molecule has 1 heterocycles. The third kappa shape index (κ3) is 25.6.